The monoisotopic (exact) mass is 310 g/mol. The molecule has 2 aliphatic heterocycles. The average Bonchev–Trinajstić information content (AvgIpc) is 2.96. The molecule has 5 atom stereocenters. The maximum absolute atomic E-state index is 12.5. The lowest BCUT2D eigenvalue weighted by atomic mass is 9.82. The summed E-state index contributed by atoms with van der Waals surface area (Å²) in [5.41, 5.74) is 0. The molecule has 0 bridgehead atoms. The van der Waals surface area contributed by atoms with Crippen molar-refractivity contribution in [1.29, 1.82) is 0 Å². The topological polar surface area (TPSA) is 78.9 Å². The van der Waals surface area contributed by atoms with E-state index < -0.39 is 11.9 Å². The SMILES string of the molecule is CC1CC(C(=O)O)CN(C(=O)NC2CCCC3OCCC23)C1. The van der Waals surface area contributed by atoms with Crippen molar-refractivity contribution < 1.29 is 19.4 Å². The van der Waals surface area contributed by atoms with E-state index in [1.165, 1.54) is 0 Å². The van der Waals surface area contributed by atoms with Crippen molar-refractivity contribution >= 4 is 12.0 Å². The molecule has 6 heteroatoms. The zero-order chi connectivity index (χ0) is 15.7. The fourth-order valence-electron chi connectivity index (χ4n) is 4.30. The first-order chi connectivity index (χ1) is 10.5. The lowest BCUT2D eigenvalue weighted by Crippen LogP contribution is -2.54. The van der Waals surface area contributed by atoms with Gasteiger partial charge in [-0.2, -0.15) is 0 Å². The second-order valence-corrected chi connectivity index (χ2v) is 7.13. The Hall–Kier alpha value is -1.30. The Morgan fingerprint density at radius 2 is 2.05 bits per heavy atom. The van der Waals surface area contributed by atoms with E-state index in [9.17, 15) is 14.7 Å². The smallest absolute Gasteiger partial charge is 0.317 e. The molecular weight excluding hydrogens is 284 g/mol. The number of carboxylic acid groups (broad SMARTS) is 1. The van der Waals surface area contributed by atoms with Gasteiger partial charge in [0.25, 0.3) is 0 Å². The highest BCUT2D eigenvalue weighted by molar-refractivity contribution is 5.77. The predicted octanol–water partition coefficient (Wildman–Crippen LogP) is 1.70. The van der Waals surface area contributed by atoms with Crippen molar-refractivity contribution in [3.8, 4) is 0 Å². The van der Waals surface area contributed by atoms with Crippen LogP contribution in [0.15, 0.2) is 0 Å². The summed E-state index contributed by atoms with van der Waals surface area (Å²) in [7, 11) is 0. The summed E-state index contributed by atoms with van der Waals surface area (Å²) in [4.78, 5) is 25.5. The minimum atomic E-state index is -0.800. The standard InChI is InChI=1S/C16H26N2O4/c1-10-7-11(15(19)20)9-18(8-10)16(21)17-13-3-2-4-14-12(13)5-6-22-14/h10-14H,2-9H2,1H3,(H,17,21)(H,19,20). The Balaban J connectivity index is 1.60. The number of urea groups is 1. The summed E-state index contributed by atoms with van der Waals surface area (Å²) < 4.78 is 5.74. The summed E-state index contributed by atoms with van der Waals surface area (Å²) in [6.07, 6.45) is 5.15. The highest BCUT2D eigenvalue weighted by atomic mass is 16.5. The summed E-state index contributed by atoms with van der Waals surface area (Å²) in [5, 5.41) is 12.4. The van der Waals surface area contributed by atoms with Crippen molar-refractivity contribution in [2.24, 2.45) is 17.8 Å². The normalized spacial score (nSPS) is 38.4. The van der Waals surface area contributed by atoms with Crippen LogP contribution in [0.25, 0.3) is 0 Å². The van der Waals surface area contributed by atoms with Crippen LogP contribution in [0.4, 0.5) is 4.79 Å². The van der Waals surface area contributed by atoms with E-state index in [4.69, 9.17) is 4.74 Å². The van der Waals surface area contributed by atoms with Crippen molar-refractivity contribution in [1.82, 2.24) is 10.2 Å². The fraction of sp³-hybridized carbons (Fsp3) is 0.875. The van der Waals surface area contributed by atoms with Gasteiger partial charge in [0, 0.05) is 31.7 Å². The maximum Gasteiger partial charge on any atom is 0.317 e. The van der Waals surface area contributed by atoms with E-state index in [2.05, 4.69) is 5.32 Å². The number of ether oxygens (including phenoxy) is 1. The second kappa shape index (κ2) is 6.44. The van der Waals surface area contributed by atoms with E-state index >= 15 is 0 Å². The minimum absolute atomic E-state index is 0.102. The van der Waals surface area contributed by atoms with Gasteiger partial charge in [-0.15, -0.1) is 0 Å². The number of likely N-dealkylation sites (tertiary alicyclic amines) is 1. The molecule has 2 amide bonds. The van der Waals surface area contributed by atoms with Crippen LogP contribution in [0.2, 0.25) is 0 Å². The minimum Gasteiger partial charge on any atom is -0.481 e. The Morgan fingerprint density at radius 3 is 2.82 bits per heavy atom. The van der Waals surface area contributed by atoms with Gasteiger partial charge in [0.15, 0.2) is 0 Å². The first kappa shape index (κ1) is 15.6. The number of nitrogens with one attached hydrogen (secondary N) is 1. The lowest BCUT2D eigenvalue weighted by Gasteiger charge is -2.38. The summed E-state index contributed by atoms with van der Waals surface area (Å²) >= 11 is 0. The van der Waals surface area contributed by atoms with Crippen LogP contribution in [0.3, 0.4) is 0 Å². The molecule has 3 rings (SSSR count). The number of hydrogen-bond donors (Lipinski definition) is 2. The number of piperidine rings is 1. The molecule has 2 saturated heterocycles. The van der Waals surface area contributed by atoms with Crippen LogP contribution in [0.5, 0.6) is 0 Å². The number of amides is 2. The van der Waals surface area contributed by atoms with Gasteiger partial charge < -0.3 is 20.1 Å². The fourth-order valence-corrected chi connectivity index (χ4v) is 4.30. The first-order valence-electron chi connectivity index (χ1n) is 8.44. The highest BCUT2D eigenvalue weighted by Gasteiger charge is 2.39. The van der Waals surface area contributed by atoms with Crippen LogP contribution in [-0.4, -0.2) is 53.8 Å². The summed E-state index contributed by atoms with van der Waals surface area (Å²) in [6, 6.07) is 0.0737. The lowest BCUT2D eigenvalue weighted by molar-refractivity contribution is -0.143. The van der Waals surface area contributed by atoms with Crippen LogP contribution < -0.4 is 5.32 Å². The molecule has 1 aliphatic carbocycles. The number of aliphatic carboxylic acids is 1. The molecule has 0 aromatic rings. The summed E-state index contributed by atoms with van der Waals surface area (Å²) in [5.74, 6) is -0.584. The van der Waals surface area contributed by atoms with Crippen LogP contribution in [-0.2, 0) is 9.53 Å². The molecule has 0 aromatic carbocycles. The van der Waals surface area contributed by atoms with Gasteiger partial charge in [0.1, 0.15) is 0 Å². The quantitative estimate of drug-likeness (QED) is 0.813. The van der Waals surface area contributed by atoms with Crippen molar-refractivity contribution in [3.63, 3.8) is 0 Å². The van der Waals surface area contributed by atoms with Crippen molar-refractivity contribution in [3.05, 3.63) is 0 Å². The highest BCUT2D eigenvalue weighted by Crippen LogP contribution is 2.34. The molecule has 124 valence electrons. The molecule has 1 saturated carbocycles. The Labute approximate surface area is 131 Å². The molecule has 0 spiro atoms. The molecule has 2 heterocycles. The van der Waals surface area contributed by atoms with Crippen molar-refractivity contribution in [2.45, 2.75) is 51.2 Å². The van der Waals surface area contributed by atoms with Gasteiger partial charge in [0.2, 0.25) is 0 Å². The molecule has 6 nitrogen and oxygen atoms in total. The Morgan fingerprint density at radius 1 is 1.23 bits per heavy atom. The maximum atomic E-state index is 12.5. The molecule has 0 radical (unpaired) electrons. The zero-order valence-corrected chi connectivity index (χ0v) is 13.2. The third-order valence-electron chi connectivity index (χ3n) is 5.39. The van der Waals surface area contributed by atoms with Crippen molar-refractivity contribution in [2.75, 3.05) is 19.7 Å². The van der Waals surface area contributed by atoms with E-state index in [0.29, 0.717) is 31.5 Å². The van der Waals surface area contributed by atoms with E-state index in [0.717, 1.165) is 32.3 Å². The van der Waals surface area contributed by atoms with E-state index in [1.807, 2.05) is 6.92 Å². The van der Waals surface area contributed by atoms with Gasteiger partial charge in [-0.05, 0) is 38.0 Å². The molecule has 2 N–H and O–H groups in total. The predicted molar refractivity (Wildman–Crippen MR) is 80.5 cm³/mol. The van der Waals surface area contributed by atoms with Gasteiger partial charge in [-0.3, -0.25) is 4.79 Å². The number of carbonyl (C=O) groups is 2. The molecule has 0 aromatic heterocycles. The Kier molecular flexibility index (Phi) is 4.57. The third-order valence-corrected chi connectivity index (χ3v) is 5.39. The second-order valence-electron chi connectivity index (χ2n) is 7.13. The zero-order valence-electron chi connectivity index (χ0n) is 13.2. The largest absolute Gasteiger partial charge is 0.481 e. The number of nitrogens with zero attached hydrogens (tertiary/aromatic N) is 1. The van der Waals surface area contributed by atoms with E-state index in [-0.39, 0.29) is 18.0 Å². The number of carboxylic acids is 1. The van der Waals surface area contributed by atoms with Gasteiger partial charge >= 0.3 is 12.0 Å². The molecular formula is C16H26N2O4. The first-order valence-corrected chi connectivity index (χ1v) is 8.44. The Bertz CT molecular complexity index is 442. The summed E-state index contributed by atoms with van der Waals surface area (Å²) in [6.45, 7) is 3.77. The van der Waals surface area contributed by atoms with Gasteiger partial charge in [-0.1, -0.05) is 6.92 Å². The molecule has 5 unspecified atom stereocenters. The number of fused-ring (bicyclic) bond motifs is 1. The van der Waals surface area contributed by atoms with Gasteiger partial charge in [0.05, 0.1) is 12.0 Å². The van der Waals surface area contributed by atoms with Crippen LogP contribution in [0, 0.1) is 17.8 Å². The molecule has 3 aliphatic rings. The number of rotatable bonds is 2. The third kappa shape index (κ3) is 3.21. The molecule has 3 fully saturated rings. The van der Waals surface area contributed by atoms with Crippen LogP contribution >= 0.6 is 0 Å². The number of carbonyl (C=O) groups excluding carboxylic acids is 1. The van der Waals surface area contributed by atoms with Crippen LogP contribution in [0.1, 0.15) is 39.0 Å². The number of hydrogen-bond acceptors (Lipinski definition) is 3. The van der Waals surface area contributed by atoms with E-state index in [1.54, 1.807) is 4.90 Å². The molecule has 22 heavy (non-hydrogen) atoms. The average molecular weight is 310 g/mol. The van der Waals surface area contributed by atoms with Gasteiger partial charge in [-0.25, -0.2) is 4.79 Å².